The lowest BCUT2D eigenvalue weighted by Crippen LogP contribution is -2.04. The highest BCUT2D eigenvalue weighted by Gasteiger charge is 2.18. The van der Waals surface area contributed by atoms with Gasteiger partial charge in [-0.2, -0.15) is 0 Å². The molecule has 0 bridgehead atoms. The molecule has 0 saturated carbocycles. The number of halogens is 5. The van der Waals surface area contributed by atoms with Crippen molar-refractivity contribution in [2.24, 2.45) is 0 Å². The quantitative estimate of drug-likeness (QED) is 0.674. The molecule has 0 amide bonds. The van der Waals surface area contributed by atoms with Crippen molar-refractivity contribution in [3.63, 3.8) is 0 Å². The molecular formula is C13H6Cl2F3N3. The van der Waals surface area contributed by atoms with E-state index in [4.69, 9.17) is 28.9 Å². The topological polar surface area (TPSA) is 43.8 Å². The summed E-state index contributed by atoms with van der Waals surface area (Å²) in [5.41, 5.74) is 6.13. The number of anilines is 1. The Hall–Kier alpha value is -1.92. The molecule has 21 heavy (non-hydrogen) atoms. The van der Waals surface area contributed by atoms with Crippen LogP contribution in [-0.2, 0) is 0 Å². The smallest absolute Gasteiger partial charge is 0.206 e. The first-order valence-electron chi connectivity index (χ1n) is 5.66. The number of benzene rings is 2. The van der Waals surface area contributed by atoms with Crippen LogP contribution in [0.5, 0.6) is 0 Å². The third-order valence-electron chi connectivity index (χ3n) is 2.95. The second-order valence-electron chi connectivity index (χ2n) is 4.28. The van der Waals surface area contributed by atoms with Gasteiger partial charge in [0.1, 0.15) is 5.82 Å². The van der Waals surface area contributed by atoms with E-state index in [1.807, 2.05) is 0 Å². The van der Waals surface area contributed by atoms with Crippen LogP contribution in [0.3, 0.4) is 0 Å². The second-order valence-corrected chi connectivity index (χ2v) is 5.09. The summed E-state index contributed by atoms with van der Waals surface area (Å²) in [5.74, 6) is -3.58. The molecule has 0 fully saturated rings. The zero-order valence-electron chi connectivity index (χ0n) is 10.2. The Labute approximate surface area is 126 Å². The Balaban J connectivity index is 2.37. The molecule has 0 spiro atoms. The van der Waals surface area contributed by atoms with E-state index < -0.39 is 17.5 Å². The Kier molecular flexibility index (Phi) is 3.22. The minimum absolute atomic E-state index is 0.103. The average molecular weight is 332 g/mol. The van der Waals surface area contributed by atoms with E-state index in [2.05, 4.69) is 4.98 Å². The van der Waals surface area contributed by atoms with Crippen molar-refractivity contribution in [3.05, 3.63) is 51.8 Å². The molecule has 0 saturated heterocycles. The molecule has 108 valence electrons. The first kappa shape index (κ1) is 14.0. The third-order valence-corrected chi connectivity index (χ3v) is 3.68. The number of hydrogen-bond donors (Lipinski definition) is 1. The molecule has 0 aliphatic carbocycles. The van der Waals surface area contributed by atoms with E-state index in [1.54, 1.807) is 0 Å². The third kappa shape index (κ3) is 2.20. The van der Waals surface area contributed by atoms with Crippen molar-refractivity contribution < 1.29 is 13.2 Å². The SMILES string of the molecule is Nc1nc2cc(Cl)c(Cl)cc2n1-c1cc(F)c(F)cc1F. The number of imidazole rings is 1. The van der Waals surface area contributed by atoms with Gasteiger partial charge in [0.15, 0.2) is 11.6 Å². The predicted molar refractivity (Wildman–Crippen MR) is 75.4 cm³/mol. The lowest BCUT2D eigenvalue weighted by Gasteiger charge is -2.09. The number of aromatic nitrogens is 2. The van der Waals surface area contributed by atoms with Gasteiger partial charge in [0.2, 0.25) is 5.95 Å². The monoisotopic (exact) mass is 331 g/mol. The molecule has 2 N–H and O–H groups in total. The standard InChI is InChI=1S/C13H6Cl2F3N3/c14-5-1-10-12(2-6(5)15)21(13(19)20-10)11-4-8(17)7(16)3-9(11)18/h1-4H,(H2,19,20). The molecule has 3 rings (SSSR count). The highest BCUT2D eigenvalue weighted by molar-refractivity contribution is 6.42. The number of nitrogens with two attached hydrogens (primary N) is 1. The van der Waals surface area contributed by atoms with Crippen LogP contribution in [0.4, 0.5) is 19.1 Å². The van der Waals surface area contributed by atoms with E-state index in [9.17, 15) is 13.2 Å². The number of nitrogens with zero attached hydrogens (tertiary/aromatic N) is 2. The van der Waals surface area contributed by atoms with Crippen molar-refractivity contribution in [2.75, 3.05) is 5.73 Å². The van der Waals surface area contributed by atoms with Crippen LogP contribution < -0.4 is 5.73 Å². The van der Waals surface area contributed by atoms with Crippen LogP contribution in [0.25, 0.3) is 16.7 Å². The fourth-order valence-corrected chi connectivity index (χ4v) is 2.34. The number of nitrogen functional groups attached to an aromatic ring is 1. The van der Waals surface area contributed by atoms with Gasteiger partial charge in [0.25, 0.3) is 0 Å². The molecule has 0 radical (unpaired) electrons. The average Bonchev–Trinajstić information content (AvgIpc) is 2.70. The van der Waals surface area contributed by atoms with Gasteiger partial charge in [0.05, 0.1) is 26.8 Å². The normalized spacial score (nSPS) is 11.3. The number of fused-ring (bicyclic) bond motifs is 1. The molecule has 8 heteroatoms. The van der Waals surface area contributed by atoms with E-state index in [-0.39, 0.29) is 21.7 Å². The summed E-state index contributed by atoms with van der Waals surface area (Å²) in [4.78, 5) is 4.00. The van der Waals surface area contributed by atoms with E-state index in [1.165, 1.54) is 12.1 Å². The molecule has 1 aromatic heterocycles. The lowest BCUT2D eigenvalue weighted by molar-refractivity contribution is 0.493. The maximum absolute atomic E-state index is 13.9. The highest BCUT2D eigenvalue weighted by atomic mass is 35.5. The summed E-state index contributed by atoms with van der Waals surface area (Å²) in [7, 11) is 0. The highest BCUT2D eigenvalue weighted by Crippen LogP contribution is 2.32. The minimum atomic E-state index is -1.29. The first-order valence-corrected chi connectivity index (χ1v) is 6.42. The van der Waals surface area contributed by atoms with Crippen LogP contribution in [0.2, 0.25) is 10.0 Å². The second kappa shape index (κ2) is 4.82. The molecule has 2 aromatic carbocycles. The van der Waals surface area contributed by atoms with Crippen molar-refractivity contribution in [1.82, 2.24) is 9.55 Å². The van der Waals surface area contributed by atoms with Gasteiger partial charge in [-0.1, -0.05) is 23.2 Å². The van der Waals surface area contributed by atoms with Crippen molar-refractivity contribution >= 4 is 40.2 Å². The Morgan fingerprint density at radius 2 is 1.52 bits per heavy atom. The van der Waals surface area contributed by atoms with Crippen molar-refractivity contribution in [1.29, 1.82) is 0 Å². The zero-order valence-corrected chi connectivity index (χ0v) is 11.7. The van der Waals surface area contributed by atoms with E-state index in [0.29, 0.717) is 23.2 Å². The lowest BCUT2D eigenvalue weighted by atomic mass is 10.2. The van der Waals surface area contributed by atoms with E-state index >= 15 is 0 Å². The largest absolute Gasteiger partial charge is 0.369 e. The molecule has 3 nitrogen and oxygen atoms in total. The molecule has 0 aliphatic rings. The van der Waals surface area contributed by atoms with Gasteiger partial charge in [0, 0.05) is 12.1 Å². The molecule has 0 atom stereocenters. The Bertz CT molecular complexity index is 877. The van der Waals surface area contributed by atoms with E-state index in [0.717, 1.165) is 4.57 Å². The molecule has 3 aromatic rings. The van der Waals surface area contributed by atoms with Gasteiger partial charge in [-0.25, -0.2) is 18.2 Å². The van der Waals surface area contributed by atoms with Crippen molar-refractivity contribution in [3.8, 4) is 5.69 Å². The molecule has 0 unspecified atom stereocenters. The molecular weight excluding hydrogens is 326 g/mol. The Morgan fingerprint density at radius 3 is 2.24 bits per heavy atom. The maximum atomic E-state index is 13.9. The summed E-state index contributed by atoms with van der Waals surface area (Å²) >= 11 is 11.8. The van der Waals surface area contributed by atoms with Crippen LogP contribution >= 0.6 is 23.2 Å². The van der Waals surface area contributed by atoms with Crippen LogP contribution in [0, 0.1) is 17.5 Å². The van der Waals surface area contributed by atoms with Crippen LogP contribution in [-0.4, -0.2) is 9.55 Å². The van der Waals surface area contributed by atoms with Crippen LogP contribution in [0.1, 0.15) is 0 Å². The van der Waals surface area contributed by atoms with Crippen LogP contribution in [0.15, 0.2) is 24.3 Å². The minimum Gasteiger partial charge on any atom is -0.369 e. The summed E-state index contributed by atoms with van der Waals surface area (Å²) < 4.78 is 41.4. The summed E-state index contributed by atoms with van der Waals surface area (Å²) in [6, 6.07) is 4.01. The summed E-state index contributed by atoms with van der Waals surface area (Å²) in [5, 5.41) is 0.452. The molecule has 0 aliphatic heterocycles. The van der Waals surface area contributed by atoms with Gasteiger partial charge in [-0.05, 0) is 12.1 Å². The maximum Gasteiger partial charge on any atom is 0.206 e. The van der Waals surface area contributed by atoms with Gasteiger partial charge >= 0.3 is 0 Å². The number of rotatable bonds is 1. The predicted octanol–water partition coefficient (Wildman–Crippen LogP) is 4.33. The molecule has 1 heterocycles. The summed E-state index contributed by atoms with van der Waals surface area (Å²) in [6.45, 7) is 0. The number of hydrogen-bond acceptors (Lipinski definition) is 2. The Morgan fingerprint density at radius 1 is 0.905 bits per heavy atom. The first-order chi connectivity index (χ1) is 9.88. The summed E-state index contributed by atoms with van der Waals surface area (Å²) in [6.07, 6.45) is 0. The van der Waals surface area contributed by atoms with Crippen molar-refractivity contribution in [2.45, 2.75) is 0 Å². The van der Waals surface area contributed by atoms with Gasteiger partial charge in [-0.3, -0.25) is 4.57 Å². The van der Waals surface area contributed by atoms with Gasteiger partial charge in [-0.15, -0.1) is 0 Å². The zero-order chi connectivity index (χ0) is 15.3. The fraction of sp³-hybridized carbons (Fsp3) is 0. The fourth-order valence-electron chi connectivity index (χ4n) is 2.03. The van der Waals surface area contributed by atoms with Gasteiger partial charge < -0.3 is 5.73 Å².